The molecule has 2 aromatic rings. The molecule has 1 nitrogen and oxygen atoms in total. The van der Waals surface area contributed by atoms with Gasteiger partial charge in [0.25, 0.3) is 0 Å². The van der Waals surface area contributed by atoms with E-state index in [0.717, 1.165) is 10.0 Å². The molecule has 0 aliphatic rings. The van der Waals surface area contributed by atoms with E-state index in [9.17, 15) is 0 Å². The van der Waals surface area contributed by atoms with Crippen LogP contribution in [0.15, 0.2) is 48.5 Å². The van der Waals surface area contributed by atoms with E-state index in [0.29, 0.717) is 3.93 Å². The normalized spacial score (nSPS) is 10.1. The van der Waals surface area contributed by atoms with Gasteiger partial charge in [-0.2, -0.15) is 0 Å². The Balaban J connectivity index is 0.00000144. The molecule has 0 unspecified atom stereocenters. The van der Waals surface area contributed by atoms with Crippen molar-refractivity contribution < 1.29 is 5.48 Å². The maximum atomic E-state index is 5.87. The van der Waals surface area contributed by atoms with Gasteiger partial charge in [0.05, 0.1) is 0 Å². The predicted octanol–water partition coefficient (Wildman–Crippen LogP) is 3.43. The van der Waals surface area contributed by atoms with E-state index in [1.54, 1.807) is 0 Å². The Bertz CT molecular complexity index is 422. The van der Waals surface area contributed by atoms with Crippen LogP contribution in [0.3, 0.4) is 0 Å². The largest absolute Gasteiger partial charge is 0.412 e. The van der Waals surface area contributed by atoms with Crippen LogP contribution < -0.4 is 0 Å². The van der Waals surface area contributed by atoms with Crippen molar-refractivity contribution in [1.29, 1.82) is 0 Å². The first-order valence-electron chi connectivity index (χ1n) is 4.89. The Morgan fingerprint density at radius 1 is 0.706 bits per heavy atom. The molecule has 4 heteroatoms. The van der Waals surface area contributed by atoms with Crippen molar-refractivity contribution in [1.82, 2.24) is 0 Å². The minimum atomic E-state index is 0. The zero-order valence-electron chi connectivity index (χ0n) is 8.95. The molecule has 0 saturated heterocycles. The fourth-order valence-electron chi connectivity index (χ4n) is 1.50. The number of halogens is 2. The second kappa shape index (κ2) is 6.64. The Morgan fingerprint density at radius 3 is 1.29 bits per heavy atom. The van der Waals surface area contributed by atoms with Gasteiger partial charge < -0.3 is 5.48 Å². The molecule has 0 aliphatic carbocycles. The molecule has 2 rings (SSSR count). The third kappa shape index (κ3) is 3.88. The predicted molar refractivity (Wildman–Crippen MR) is 74.1 cm³/mol. The first-order chi connectivity index (χ1) is 7.66. The fraction of sp³-hybridized carbons (Fsp3) is 0.0769. The van der Waals surface area contributed by atoms with Crippen molar-refractivity contribution in [2.24, 2.45) is 0 Å². The molecule has 87 valence electrons. The fourth-order valence-corrected chi connectivity index (χ4v) is 2.85. The molecule has 0 saturated carbocycles. The molecular formula is C13H11Cl2OSn. The van der Waals surface area contributed by atoms with Crippen LogP contribution in [0.4, 0.5) is 0 Å². The van der Waals surface area contributed by atoms with E-state index in [1.807, 2.05) is 24.3 Å². The molecule has 0 atom stereocenters. The quantitative estimate of drug-likeness (QED) is 0.723. The number of hydrogen-bond donors (Lipinski definition) is 0. The minimum Gasteiger partial charge on any atom is -0.412 e. The van der Waals surface area contributed by atoms with Crippen molar-refractivity contribution in [3.05, 3.63) is 69.7 Å². The smallest absolute Gasteiger partial charge is 0.412 e. The SMILES string of the molecule is Clc1ccc([CH]([Sn])c2ccc(Cl)cc2)cc1.O. The molecule has 2 aromatic carbocycles. The molecule has 0 amide bonds. The van der Waals surface area contributed by atoms with Crippen LogP contribution in [0, 0.1) is 0 Å². The molecule has 17 heavy (non-hydrogen) atoms. The molecule has 2 N–H and O–H groups in total. The van der Waals surface area contributed by atoms with Gasteiger partial charge in [-0.05, 0) is 0 Å². The van der Waals surface area contributed by atoms with Crippen molar-refractivity contribution in [2.45, 2.75) is 3.93 Å². The summed E-state index contributed by atoms with van der Waals surface area (Å²) in [4.78, 5) is 0. The Hall–Kier alpha value is -0.221. The summed E-state index contributed by atoms with van der Waals surface area (Å²) in [5.41, 5.74) is 2.59. The van der Waals surface area contributed by atoms with Gasteiger partial charge in [0.15, 0.2) is 0 Å². The average molecular weight is 373 g/mol. The van der Waals surface area contributed by atoms with Gasteiger partial charge in [-0.25, -0.2) is 0 Å². The minimum absolute atomic E-state index is 0. The van der Waals surface area contributed by atoms with Gasteiger partial charge in [0, 0.05) is 0 Å². The van der Waals surface area contributed by atoms with Crippen LogP contribution in [0.25, 0.3) is 0 Å². The third-order valence-electron chi connectivity index (χ3n) is 2.41. The van der Waals surface area contributed by atoms with Gasteiger partial charge in [0.1, 0.15) is 0 Å². The Labute approximate surface area is 124 Å². The van der Waals surface area contributed by atoms with Crippen LogP contribution in [-0.2, 0) is 0 Å². The first-order valence-corrected chi connectivity index (χ1v) is 7.29. The zero-order chi connectivity index (χ0) is 11.5. The molecule has 0 fully saturated rings. The number of hydrogen-bond acceptors (Lipinski definition) is 0. The standard InChI is InChI=1S/C13H9Cl2.H2O.Sn/c14-12-5-1-10(2-6-12)9-11-3-7-13(15)8-4-11;;/h1-9H;1H2;. The Morgan fingerprint density at radius 2 is 1.00 bits per heavy atom. The summed E-state index contributed by atoms with van der Waals surface area (Å²) in [6.07, 6.45) is 0. The van der Waals surface area contributed by atoms with Crippen molar-refractivity contribution in [3.63, 3.8) is 0 Å². The summed E-state index contributed by atoms with van der Waals surface area (Å²) < 4.78 is 0.446. The summed E-state index contributed by atoms with van der Waals surface area (Å²) in [5.74, 6) is 0. The summed E-state index contributed by atoms with van der Waals surface area (Å²) in [7, 11) is 0. The Kier molecular flexibility index (Phi) is 5.80. The summed E-state index contributed by atoms with van der Waals surface area (Å²) in [6, 6.07) is 16.1. The maximum Gasteiger partial charge on any atom is -0.412 e. The van der Waals surface area contributed by atoms with Gasteiger partial charge >= 0.3 is 119 Å². The molecule has 0 bridgehead atoms. The van der Waals surface area contributed by atoms with Crippen LogP contribution >= 0.6 is 23.2 Å². The second-order valence-electron chi connectivity index (χ2n) is 3.54. The van der Waals surface area contributed by atoms with Gasteiger partial charge in [0.2, 0.25) is 0 Å². The summed E-state index contributed by atoms with van der Waals surface area (Å²) in [5, 5.41) is 1.56. The van der Waals surface area contributed by atoms with Crippen LogP contribution in [0.2, 0.25) is 10.0 Å². The molecule has 0 spiro atoms. The average Bonchev–Trinajstić information content (AvgIpc) is 2.30. The van der Waals surface area contributed by atoms with Crippen molar-refractivity contribution >= 4 is 45.7 Å². The second-order valence-corrected chi connectivity index (χ2v) is 6.06. The summed E-state index contributed by atoms with van der Waals surface area (Å²) in [6.45, 7) is 0. The first kappa shape index (κ1) is 14.8. The van der Waals surface area contributed by atoms with Gasteiger partial charge in [-0.3, -0.25) is 0 Å². The van der Waals surface area contributed by atoms with E-state index in [2.05, 4.69) is 24.3 Å². The van der Waals surface area contributed by atoms with Crippen LogP contribution in [0.1, 0.15) is 15.1 Å². The molecule has 0 heterocycles. The third-order valence-corrected chi connectivity index (χ3v) is 4.81. The van der Waals surface area contributed by atoms with E-state index in [1.165, 1.54) is 33.7 Å². The topological polar surface area (TPSA) is 31.5 Å². The number of rotatable bonds is 2. The number of benzene rings is 2. The molecule has 0 aliphatic heterocycles. The van der Waals surface area contributed by atoms with E-state index in [-0.39, 0.29) is 5.48 Å². The zero-order valence-corrected chi connectivity index (χ0v) is 13.3. The molecular weight excluding hydrogens is 362 g/mol. The molecule has 0 aromatic heterocycles. The van der Waals surface area contributed by atoms with Crippen molar-refractivity contribution in [3.8, 4) is 0 Å². The van der Waals surface area contributed by atoms with Gasteiger partial charge in [-0.15, -0.1) is 0 Å². The van der Waals surface area contributed by atoms with Gasteiger partial charge in [-0.1, -0.05) is 0 Å². The molecule has 3 radical (unpaired) electrons. The van der Waals surface area contributed by atoms with Crippen molar-refractivity contribution in [2.75, 3.05) is 0 Å². The maximum absolute atomic E-state index is 5.87. The monoisotopic (exact) mass is 373 g/mol. The summed E-state index contributed by atoms with van der Waals surface area (Å²) >= 11 is 13.2. The van der Waals surface area contributed by atoms with Crippen LogP contribution in [0.5, 0.6) is 0 Å². The van der Waals surface area contributed by atoms with E-state index in [4.69, 9.17) is 23.2 Å². The van der Waals surface area contributed by atoms with E-state index < -0.39 is 0 Å². The van der Waals surface area contributed by atoms with Crippen LogP contribution in [-0.4, -0.2) is 28.0 Å². The van der Waals surface area contributed by atoms with E-state index >= 15 is 0 Å².